The van der Waals surface area contributed by atoms with E-state index in [4.69, 9.17) is 0 Å². The van der Waals surface area contributed by atoms with Gasteiger partial charge in [-0.1, -0.05) is 35.9 Å². The van der Waals surface area contributed by atoms with E-state index in [9.17, 15) is 22.3 Å². The van der Waals surface area contributed by atoms with Gasteiger partial charge in [0.05, 0.1) is 22.9 Å². The fourth-order valence-electron chi connectivity index (χ4n) is 5.39. The first-order valence-corrected chi connectivity index (χ1v) is 15.0. The number of rotatable bonds is 8. The third-order valence-corrected chi connectivity index (χ3v) is 8.39. The van der Waals surface area contributed by atoms with Gasteiger partial charge in [-0.3, -0.25) is 0 Å². The van der Waals surface area contributed by atoms with Crippen LogP contribution in [0.1, 0.15) is 41.1 Å². The number of alkyl halides is 2. The van der Waals surface area contributed by atoms with Crippen LogP contribution in [0.25, 0.3) is 22.4 Å². The highest BCUT2D eigenvalue weighted by Crippen LogP contribution is 2.43. The number of sulfone groups is 1. The van der Waals surface area contributed by atoms with Gasteiger partial charge in [0.1, 0.15) is 17.4 Å². The Kier molecular flexibility index (Phi) is 7.87. The lowest BCUT2D eigenvalue weighted by molar-refractivity contribution is -0.0498. The summed E-state index contributed by atoms with van der Waals surface area (Å²) in [5, 5.41) is 9.65. The number of hydrogen-bond donors (Lipinski definition) is 1. The Morgan fingerprint density at radius 3 is 2.33 bits per heavy atom. The van der Waals surface area contributed by atoms with E-state index in [1.54, 1.807) is 18.2 Å². The van der Waals surface area contributed by atoms with Crippen LogP contribution in [0, 0.1) is 19.7 Å². The monoisotopic (exact) mass is 594 g/mol. The van der Waals surface area contributed by atoms with Crippen LogP contribution in [0.2, 0.25) is 0 Å². The highest BCUT2D eigenvalue weighted by Gasteiger charge is 2.26. The molecular formula is C32H29F3N2O4S. The van der Waals surface area contributed by atoms with Crippen LogP contribution in [0.3, 0.4) is 0 Å². The van der Waals surface area contributed by atoms with Crippen LogP contribution in [0.15, 0.2) is 83.4 Å². The van der Waals surface area contributed by atoms with Crippen LogP contribution in [0.4, 0.5) is 13.2 Å². The van der Waals surface area contributed by atoms with Crippen molar-refractivity contribution in [1.82, 2.24) is 9.55 Å². The molecule has 10 heteroatoms. The van der Waals surface area contributed by atoms with Crippen LogP contribution >= 0.6 is 0 Å². The summed E-state index contributed by atoms with van der Waals surface area (Å²) in [7, 11) is -3.83. The van der Waals surface area contributed by atoms with Crippen molar-refractivity contribution in [2.24, 2.45) is 0 Å². The van der Waals surface area contributed by atoms with Gasteiger partial charge in [-0.05, 0) is 79.4 Å². The van der Waals surface area contributed by atoms with Gasteiger partial charge in [0.15, 0.2) is 9.84 Å². The summed E-state index contributed by atoms with van der Waals surface area (Å²) in [4.78, 5) is 4.28. The SMILES string of the molecule is CC1=CC(c2ccc(OC(F)F)cc2)C(c2cc(-c3cc(F)c(CO)c(S(C)(=O)=O)c3)ccc2-n2cc(C)nc2C)=C1. The van der Waals surface area contributed by atoms with E-state index in [0.717, 1.165) is 45.7 Å². The van der Waals surface area contributed by atoms with Gasteiger partial charge in [-0.2, -0.15) is 8.78 Å². The molecule has 42 heavy (non-hydrogen) atoms. The number of aliphatic hydroxyl groups excluding tert-OH is 1. The fourth-order valence-corrected chi connectivity index (χ4v) is 6.35. The van der Waals surface area contributed by atoms with Crippen LogP contribution in [0.5, 0.6) is 5.75 Å². The molecule has 4 aromatic rings. The Balaban J connectivity index is 1.69. The van der Waals surface area contributed by atoms with E-state index in [-0.39, 0.29) is 22.1 Å². The van der Waals surface area contributed by atoms with Crippen molar-refractivity contribution < 1.29 is 31.4 Å². The number of aliphatic hydroxyl groups is 1. The molecule has 1 aromatic heterocycles. The highest BCUT2D eigenvalue weighted by molar-refractivity contribution is 7.90. The zero-order valence-corrected chi connectivity index (χ0v) is 24.2. The molecule has 3 aromatic carbocycles. The molecule has 0 aliphatic heterocycles. The quantitative estimate of drug-likeness (QED) is 0.240. The van der Waals surface area contributed by atoms with Crippen molar-refractivity contribution in [3.05, 3.63) is 113 Å². The molecule has 1 aliphatic carbocycles. The molecule has 1 heterocycles. The maximum Gasteiger partial charge on any atom is 0.387 e. The van der Waals surface area contributed by atoms with Gasteiger partial charge < -0.3 is 14.4 Å². The summed E-state index contributed by atoms with van der Waals surface area (Å²) in [5.41, 5.74) is 5.82. The van der Waals surface area contributed by atoms with Gasteiger partial charge in [0, 0.05) is 29.5 Å². The van der Waals surface area contributed by atoms with Crippen LogP contribution in [-0.4, -0.2) is 35.9 Å². The molecule has 0 saturated heterocycles. The molecule has 0 radical (unpaired) electrons. The first-order chi connectivity index (χ1) is 19.8. The number of allylic oxidation sites excluding steroid dienone is 4. The maximum atomic E-state index is 15.1. The number of halogens is 3. The summed E-state index contributed by atoms with van der Waals surface area (Å²) in [6, 6.07) is 14.6. The first kappa shape index (κ1) is 29.3. The second kappa shape index (κ2) is 11.3. The molecule has 1 aliphatic rings. The van der Waals surface area contributed by atoms with Gasteiger partial charge in [-0.25, -0.2) is 17.8 Å². The molecule has 0 saturated carbocycles. The number of imidazole rings is 1. The first-order valence-electron chi connectivity index (χ1n) is 13.1. The Morgan fingerprint density at radius 1 is 1.02 bits per heavy atom. The van der Waals surface area contributed by atoms with Crippen LogP contribution in [-0.2, 0) is 16.4 Å². The molecule has 6 nitrogen and oxygen atoms in total. The molecule has 0 spiro atoms. The number of aryl methyl sites for hydroxylation is 2. The minimum atomic E-state index is -3.83. The summed E-state index contributed by atoms with van der Waals surface area (Å²) < 4.78 is 71.9. The Hall–Kier alpha value is -4.15. The lowest BCUT2D eigenvalue weighted by Crippen LogP contribution is -2.07. The molecule has 0 amide bonds. The Labute approximate surface area is 242 Å². The van der Waals surface area contributed by atoms with E-state index in [1.165, 1.54) is 24.3 Å². The molecule has 218 valence electrons. The predicted molar refractivity (Wildman–Crippen MR) is 155 cm³/mol. The molecule has 5 rings (SSSR count). The van der Waals surface area contributed by atoms with Gasteiger partial charge in [0.25, 0.3) is 0 Å². The minimum absolute atomic E-state index is 0.0558. The number of hydrogen-bond acceptors (Lipinski definition) is 5. The van der Waals surface area contributed by atoms with Gasteiger partial charge >= 0.3 is 6.61 Å². The Bertz CT molecular complexity index is 1840. The molecule has 0 fully saturated rings. The number of nitrogens with zero attached hydrogens (tertiary/aromatic N) is 2. The standard InChI is InChI=1S/C32H29F3N2O4S/c1-18-11-25(21-5-8-24(9-6-21)41-32(34)35)26(12-18)27-13-22(7-10-30(27)37-16-19(2)36-20(37)3)23-14-29(33)28(17-38)31(15-23)42(4,39)40/h5-16,25,32,38H,17H2,1-4H3. The summed E-state index contributed by atoms with van der Waals surface area (Å²) in [5.74, 6) is -0.235. The highest BCUT2D eigenvalue weighted by atomic mass is 32.2. The van der Waals surface area contributed by atoms with Crippen molar-refractivity contribution in [2.75, 3.05) is 6.26 Å². The second-order valence-corrected chi connectivity index (χ2v) is 12.3. The average Bonchev–Trinajstić information content (AvgIpc) is 3.48. The smallest absolute Gasteiger partial charge is 0.387 e. The number of aromatic nitrogens is 2. The van der Waals surface area contributed by atoms with Gasteiger partial charge in [-0.15, -0.1) is 0 Å². The number of ether oxygens (including phenoxy) is 1. The summed E-state index contributed by atoms with van der Waals surface area (Å²) in [6.45, 7) is 2.07. The lowest BCUT2D eigenvalue weighted by Gasteiger charge is -2.21. The van der Waals surface area contributed by atoms with Crippen molar-refractivity contribution >= 4 is 15.4 Å². The van der Waals surface area contributed by atoms with Crippen molar-refractivity contribution in [3.63, 3.8) is 0 Å². The van der Waals surface area contributed by atoms with Crippen molar-refractivity contribution in [2.45, 2.75) is 44.8 Å². The molecule has 1 N–H and O–H groups in total. The van der Waals surface area contributed by atoms with E-state index in [0.29, 0.717) is 11.1 Å². The van der Waals surface area contributed by atoms with E-state index < -0.39 is 28.9 Å². The third kappa shape index (κ3) is 5.77. The maximum absolute atomic E-state index is 15.1. The Morgan fingerprint density at radius 2 is 1.74 bits per heavy atom. The van der Waals surface area contributed by atoms with Gasteiger partial charge in [0.2, 0.25) is 0 Å². The topological polar surface area (TPSA) is 81.4 Å². The average molecular weight is 595 g/mol. The zero-order chi connectivity index (χ0) is 30.3. The van der Waals surface area contributed by atoms with E-state index >= 15 is 4.39 Å². The molecule has 1 atom stereocenters. The van der Waals surface area contributed by atoms with Crippen molar-refractivity contribution in [1.29, 1.82) is 0 Å². The van der Waals surface area contributed by atoms with E-state index in [1.807, 2.05) is 49.7 Å². The number of benzene rings is 3. The minimum Gasteiger partial charge on any atom is -0.435 e. The predicted octanol–water partition coefficient (Wildman–Crippen LogP) is 6.92. The fraction of sp³-hybridized carbons (Fsp3) is 0.219. The summed E-state index contributed by atoms with van der Waals surface area (Å²) >= 11 is 0. The molecule has 0 bridgehead atoms. The molecule has 1 unspecified atom stereocenters. The summed E-state index contributed by atoms with van der Waals surface area (Å²) in [6.07, 6.45) is 6.99. The second-order valence-electron chi connectivity index (χ2n) is 10.3. The normalized spacial score (nSPS) is 15.2. The lowest BCUT2D eigenvalue weighted by atomic mass is 9.87. The largest absolute Gasteiger partial charge is 0.435 e. The molecular weight excluding hydrogens is 565 g/mol. The van der Waals surface area contributed by atoms with Crippen LogP contribution < -0.4 is 4.74 Å². The zero-order valence-electron chi connectivity index (χ0n) is 23.4. The van der Waals surface area contributed by atoms with E-state index in [2.05, 4.69) is 15.8 Å². The van der Waals surface area contributed by atoms with Crippen molar-refractivity contribution in [3.8, 4) is 22.6 Å². The third-order valence-electron chi connectivity index (χ3n) is 7.23.